The minimum atomic E-state index is -0.442. The molecule has 1 aliphatic rings. The van der Waals surface area contributed by atoms with E-state index >= 15 is 0 Å². The van der Waals surface area contributed by atoms with E-state index in [1.807, 2.05) is 29.2 Å². The van der Waals surface area contributed by atoms with Crippen LogP contribution in [0.15, 0.2) is 24.3 Å². The topological polar surface area (TPSA) is 49.4 Å². The molecule has 1 amide bonds. The van der Waals surface area contributed by atoms with Gasteiger partial charge < -0.3 is 15.0 Å². The summed E-state index contributed by atoms with van der Waals surface area (Å²) in [5.74, 6) is -0.382. The molecule has 20 heavy (non-hydrogen) atoms. The first-order valence-electron chi connectivity index (χ1n) is 6.58. The fraction of sp³-hybridized carbons (Fsp3) is 0.429. The van der Waals surface area contributed by atoms with E-state index in [0.29, 0.717) is 12.8 Å². The fourth-order valence-electron chi connectivity index (χ4n) is 2.62. The SMILES string of the molecule is [B]C1c2ccccc2N(C(CCC=O)C(=O)NC)C1S. The summed E-state index contributed by atoms with van der Waals surface area (Å²) in [6.07, 6.45) is 1.60. The Balaban J connectivity index is 2.37. The summed E-state index contributed by atoms with van der Waals surface area (Å²) in [4.78, 5) is 24.7. The molecule has 4 nitrogen and oxygen atoms in total. The van der Waals surface area contributed by atoms with Crippen LogP contribution >= 0.6 is 12.6 Å². The highest BCUT2D eigenvalue weighted by atomic mass is 32.1. The quantitative estimate of drug-likeness (QED) is 0.484. The van der Waals surface area contributed by atoms with E-state index in [1.165, 1.54) is 0 Å². The number of nitrogens with zero attached hydrogens (tertiary/aromatic N) is 1. The third kappa shape index (κ3) is 2.57. The van der Waals surface area contributed by atoms with Crippen molar-refractivity contribution in [2.45, 2.75) is 30.1 Å². The lowest BCUT2D eigenvalue weighted by atomic mass is 9.82. The van der Waals surface area contributed by atoms with Crippen LogP contribution in [0.1, 0.15) is 24.2 Å². The number of benzene rings is 1. The van der Waals surface area contributed by atoms with Crippen LogP contribution in [0.5, 0.6) is 0 Å². The van der Waals surface area contributed by atoms with Crippen molar-refractivity contribution in [1.29, 1.82) is 0 Å². The Morgan fingerprint density at radius 2 is 2.25 bits per heavy atom. The van der Waals surface area contributed by atoms with Crippen LogP contribution < -0.4 is 10.2 Å². The third-order valence-electron chi connectivity index (χ3n) is 3.62. The molecular formula is C14H17BN2O2S. The van der Waals surface area contributed by atoms with E-state index in [4.69, 9.17) is 7.85 Å². The molecule has 104 valence electrons. The average Bonchev–Trinajstić information content (AvgIpc) is 2.73. The van der Waals surface area contributed by atoms with Crippen molar-refractivity contribution in [3.05, 3.63) is 29.8 Å². The van der Waals surface area contributed by atoms with Gasteiger partial charge in [-0.25, -0.2) is 0 Å². The third-order valence-corrected chi connectivity index (χ3v) is 4.19. The number of carbonyl (C=O) groups excluding carboxylic acids is 2. The number of carbonyl (C=O) groups is 2. The molecule has 1 aromatic rings. The highest BCUT2D eigenvalue weighted by molar-refractivity contribution is 7.81. The lowest BCUT2D eigenvalue weighted by molar-refractivity contribution is -0.122. The van der Waals surface area contributed by atoms with Crippen LogP contribution in [-0.4, -0.2) is 38.5 Å². The first-order valence-corrected chi connectivity index (χ1v) is 7.09. The number of rotatable bonds is 5. The van der Waals surface area contributed by atoms with E-state index in [0.717, 1.165) is 17.5 Å². The molecule has 0 aromatic heterocycles. The summed E-state index contributed by atoms with van der Waals surface area (Å²) >= 11 is 4.55. The summed E-state index contributed by atoms with van der Waals surface area (Å²) in [6.45, 7) is 0. The molecule has 1 N–H and O–H groups in total. The van der Waals surface area contributed by atoms with Gasteiger partial charge in [-0.15, -0.1) is 0 Å². The minimum absolute atomic E-state index is 0.130. The smallest absolute Gasteiger partial charge is 0.242 e. The standard InChI is InChI=1S/C14H17BN2O2S/c1-16-13(19)11(7-4-8-18)17-10-6-3-2-5-9(10)12(15)14(17)20/h2-3,5-6,8,11-12,14,20H,4,7H2,1H3,(H,16,19). The second-order valence-corrected chi connectivity index (χ2v) is 5.31. The van der Waals surface area contributed by atoms with Crippen molar-refractivity contribution in [3.63, 3.8) is 0 Å². The highest BCUT2D eigenvalue weighted by Gasteiger charge is 2.39. The molecule has 0 saturated carbocycles. The first kappa shape index (κ1) is 15.0. The Kier molecular flexibility index (Phi) is 4.75. The van der Waals surface area contributed by atoms with Gasteiger partial charge in [-0.3, -0.25) is 4.79 Å². The molecular weight excluding hydrogens is 271 g/mol. The van der Waals surface area contributed by atoms with Crippen molar-refractivity contribution in [1.82, 2.24) is 5.32 Å². The zero-order chi connectivity index (χ0) is 14.7. The van der Waals surface area contributed by atoms with E-state index in [1.54, 1.807) is 7.05 Å². The van der Waals surface area contributed by atoms with E-state index < -0.39 is 6.04 Å². The second kappa shape index (κ2) is 6.35. The van der Waals surface area contributed by atoms with Crippen molar-refractivity contribution >= 4 is 38.4 Å². The molecule has 6 heteroatoms. The fourth-order valence-corrected chi connectivity index (χ4v) is 3.07. The Hall–Kier alpha value is -1.43. The van der Waals surface area contributed by atoms with Gasteiger partial charge in [-0.05, 0) is 23.9 Å². The largest absolute Gasteiger partial charge is 0.357 e. The Morgan fingerprint density at radius 3 is 2.90 bits per heavy atom. The summed E-state index contributed by atoms with van der Waals surface area (Å²) in [5.41, 5.74) is 1.90. The second-order valence-electron chi connectivity index (χ2n) is 4.78. The van der Waals surface area contributed by atoms with Crippen LogP contribution in [0.3, 0.4) is 0 Å². The number of anilines is 1. The van der Waals surface area contributed by atoms with Crippen molar-refractivity contribution in [2.75, 3.05) is 11.9 Å². The number of fused-ring (bicyclic) bond motifs is 1. The number of aldehydes is 1. The summed E-state index contributed by atoms with van der Waals surface area (Å²) in [5, 5.41) is 2.37. The van der Waals surface area contributed by atoms with Crippen molar-refractivity contribution < 1.29 is 9.59 Å². The van der Waals surface area contributed by atoms with Crippen molar-refractivity contribution in [3.8, 4) is 0 Å². The molecule has 0 aliphatic carbocycles. The van der Waals surface area contributed by atoms with E-state index in [2.05, 4.69) is 17.9 Å². The van der Waals surface area contributed by atoms with Crippen molar-refractivity contribution in [2.24, 2.45) is 0 Å². The summed E-state index contributed by atoms with van der Waals surface area (Å²) in [6, 6.07) is 7.27. The van der Waals surface area contributed by atoms with E-state index in [9.17, 15) is 9.59 Å². The molecule has 3 atom stereocenters. The molecule has 1 aromatic carbocycles. The first-order chi connectivity index (χ1) is 9.61. The summed E-state index contributed by atoms with van der Waals surface area (Å²) < 4.78 is 0. The molecule has 0 bridgehead atoms. The van der Waals surface area contributed by atoms with Crippen LogP contribution in [0.25, 0.3) is 0 Å². The van der Waals surface area contributed by atoms with Gasteiger partial charge in [0.2, 0.25) is 5.91 Å². The predicted octanol–water partition coefficient (Wildman–Crippen LogP) is 1.07. The number of likely N-dealkylation sites (N-methyl/N-ethyl adjacent to an activating group) is 1. The maximum absolute atomic E-state index is 12.1. The van der Waals surface area contributed by atoms with E-state index in [-0.39, 0.29) is 17.1 Å². The molecule has 1 aliphatic heterocycles. The van der Waals surface area contributed by atoms with Gasteiger partial charge in [0.25, 0.3) is 0 Å². The number of amides is 1. The maximum Gasteiger partial charge on any atom is 0.242 e. The zero-order valence-corrected chi connectivity index (χ0v) is 12.2. The lowest BCUT2D eigenvalue weighted by Gasteiger charge is -2.33. The Morgan fingerprint density at radius 1 is 1.55 bits per heavy atom. The minimum Gasteiger partial charge on any atom is -0.357 e. The van der Waals surface area contributed by atoms with Gasteiger partial charge in [0.15, 0.2) is 0 Å². The molecule has 3 unspecified atom stereocenters. The van der Waals surface area contributed by atoms with Gasteiger partial charge in [-0.2, -0.15) is 12.6 Å². The molecule has 0 fully saturated rings. The van der Waals surface area contributed by atoms with Crippen LogP contribution in [0.4, 0.5) is 5.69 Å². The monoisotopic (exact) mass is 288 g/mol. The molecule has 1 heterocycles. The van der Waals surface area contributed by atoms with Gasteiger partial charge in [0.05, 0.1) is 13.2 Å². The van der Waals surface area contributed by atoms with Gasteiger partial charge in [-0.1, -0.05) is 18.2 Å². The normalized spacial score (nSPS) is 22.2. The molecule has 2 radical (unpaired) electrons. The molecule has 2 rings (SSSR count). The number of para-hydroxylation sites is 1. The van der Waals surface area contributed by atoms with Crippen LogP contribution in [0, 0.1) is 0 Å². The van der Waals surface area contributed by atoms with Gasteiger partial charge in [0, 0.05) is 19.2 Å². The summed E-state index contributed by atoms with van der Waals surface area (Å²) in [7, 11) is 7.76. The Bertz CT molecular complexity index is 512. The zero-order valence-electron chi connectivity index (χ0n) is 11.3. The lowest BCUT2D eigenvalue weighted by Crippen LogP contribution is -2.48. The molecule has 0 spiro atoms. The highest BCUT2D eigenvalue weighted by Crippen LogP contribution is 2.42. The number of nitrogens with one attached hydrogen (secondary N) is 1. The maximum atomic E-state index is 12.1. The van der Waals surface area contributed by atoms with Gasteiger partial charge >= 0.3 is 0 Å². The average molecular weight is 288 g/mol. The number of thiol groups is 1. The number of hydrogen-bond donors (Lipinski definition) is 2. The number of hydrogen-bond acceptors (Lipinski definition) is 4. The van der Waals surface area contributed by atoms with Crippen LogP contribution in [-0.2, 0) is 9.59 Å². The van der Waals surface area contributed by atoms with Crippen LogP contribution in [0.2, 0.25) is 0 Å². The van der Waals surface area contributed by atoms with Gasteiger partial charge in [0.1, 0.15) is 12.3 Å². The Labute approximate surface area is 125 Å². The molecule has 0 saturated heterocycles. The predicted molar refractivity (Wildman–Crippen MR) is 83.3 cm³/mol.